The molecule has 2 fully saturated rings. The van der Waals surface area contributed by atoms with Gasteiger partial charge in [0.2, 0.25) is 15.9 Å². The maximum atomic E-state index is 14.5. The van der Waals surface area contributed by atoms with Gasteiger partial charge in [-0.25, -0.2) is 17.2 Å². The van der Waals surface area contributed by atoms with Gasteiger partial charge in [0, 0.05) is 43.3 Å². The van der Waals surface area contributed by atoms with Crippen molar-refractivity contribution in [1.82, 2.24) is 4.31 Å². The lowest BCUT2D eigenvalue weighted by Gasteiger charge is -2.30. The van der Waals surface area contributed by atoms with Gasteiger partial charge in [-0.3, -0.25) is 9.59 Å². The minimum atomic E-state index is -3.75. The summed E-state index contributed by atoms with van der Waals surface area (Å²) in [5.41, 5.74) is 0.407. The summed E-state index contributed by atoms with van der Waals surface area (Å²) in [6.45, 7) is 2.89. The molecule has 0 saturated carbocycles. The SMILES string of the molecule is CC(=O)c1ccc(S(=O)(=O)N2CCC(C(=O)Nc3cc(F)c(N4CCCC4)c(F)c3)CC2)cc1. The van der Waals surface area contributed by atoms with Crippen LogP contribution in [0.1, 0.15) is 43.0 Å². The molecule has 1 N–H and O–H groups in total. The van der Waals surface area contributed by atoms with Crippen LogP contribution >= 0.6 is 0 Å². The van der Waals surface area contributed by atoms with Crippen molar-refractivity contribution in [3.63, 3.8) is 0 Å². The maximum absolute atomic E-state index is 14.5. The molecule has 0 spiro atoms. The minimum absolute atomic E-state index is 0.0450. The monoisotopic (exact) mass is 491 g/mol. The molecule has 2 aromatic rings. The number of rotatable bonds is 6. The molecule has 2 aromatic carbocycles. The van der Waals surface area contributed by atoms with Gasteiger partial charge >= 0.3 is 0 Å². The molecule has 0 unspecified atom stereocenters. The molecule has 0 radical (unpaired) electrons. The lowest BCUT2D eigenvalue weighted by molar-refractivity contribution is -0.120. The second-order valence-corrected chi connectivity index (χ2v) is 10.7. The number of hydrogen-bond acceptors (Lipinski definition) is 5. The molecule has 2 aliphatic rings. The highest BCUT2D eigenvalue weighted by molar-refractivity contribution is 7.89. The number of hydrogen-bond donors (Lipinski definition) is 1. The number of anilines is 2. The first-order valence-electron chi connectivity index (χ1n) is 11.3. The number of Topliss-reactive ketones (excluding diaryl/α,β-unsaturated/α-hetero) is 1. The molecule has 7 nitrogen and oxygen atoms in total. The molecule has 34 heavy (non-hydrogen) atoms. The normalized spacial score (nSPS) is 17.7. The topological polar surface area (TPSA) is 86.8 Å². The number of piperidine rings is 1. The van der Waals surface area contributed by atoms with Gasteiger partial charge in [-0.15, -0.1) is 0 Å². The Labute approximate surface area is 197 Å². The minimum Gasteiger partial charge on any atom is -0.367 e. The summed E-state index contributed by atoms with van der Waals surface area (Å²) in [5, 5.41) is 2.58. The Morgan fingerprint density at radius 1 is 0.941 bits per heavy atom. The van der Waals surface area contributed by atoms with Crippen LogP contribution in [0.3, 0.4) is 0 Å². The van der Waals surface area contributed by atoms with E-state index in [9.17, 15) is 26.8 Å². The van der Waals surface area contributed by atoms with Crippen molar-refractivity contribution >= 4 is 33.1 Å². The molecule has 2 saturated heterocycles. The van der Waals surface area contributed by atoms with Crippen molar-refractivity contribution in [3.8, 4) is 0 Å². The van der Waals surface area contributed by atoms with Crippen molar-refractivity contribution in [2.75, 3.05) is 36.4 Å². The third-order valence-corrected chi connectivity index (χ3v) is 8.34. The number of nitrogens with one attached hydrogen (secondary N) is 1. The van der Waals surface area contributed by atoms with Gasteiger partial charge in [0.1, 0.15) is 5.69 Å². The summed E-state index contributed by atoms with van der Waals surface area (Å²) in [5.74, 6) is -2.45. The second-order valence-electron chi connectivity index (χ2n) is 8.73. The van der Waals surface area contributed by atoms with E-state index in [0.717, 1.165) is 25.0 Å². The van der Waals surface area contributed by atoms with E-state index < -0.39 is 33.5 Å². The zero-order valence-electron chi connectivity index (χ0n) is 18.9. The molecule has 4 rings (SSSR count). The van der Waals surface area contributed by atoms with E-state index in [1.807, 2.05) is 0 Å². The van der Waals surface area contributed by atoms with Gasteiger partial charge in [0.25, 0.3) is 0 Å². The summed E-state index contributed by atoms with van der Waals surface area (Å²) in [7, 11) is -3.75. The summed E-state index contributed by atoms with van der Waals surface area (Å²) in [6, 6.07) is 8.00. The lowest BCUT2D eigenvalue weighted by atomic mass is 9.97. The van der Waals surface area contributed by atoms with Crippen LogP contribution in [0.5, 0.6) is 0 Å². The standard InChI is InChI=1S/C24H27F2N3O4S/c1-16(30)17-4-6-20(7-5-17)34(32,33)29-12-8-18(9-13-29)24(31)27-19-14-21(25)23(22(26)15-19)28-10-2-3-11-28/h4-7,14-15,18H,2-3,8-13H2,1H3,(H,27,31). The third-order valence-electron chi connectivity index (χ3n) is 6.43. The van der Waals surface area contributed by atoms with Crippen molar-refractivity contribution in [3.05, 3.63) is 53.6 Å². The van der Waals surface area contributed by atoms with Gasteiger partial charge in [-0.2, -0.15) is 4.31 Å². The Bertz CT molecular complexity index is 1160. The van der Waals surface area contributed by atoms with Crippen LogP contribution < -0.4 is 10.2 Å². The first-order valence-corrected chi connectivity index (χ1v) is 12.8. The van der Waals surface area contributed by atoms with Crippen LogP contribution in [-0.4, -0.2) is 50.6 Å². The average Bonchev–Trinajstić information content (AvgIpc) is 3.33. The fourth-order valence-corrected chi connectivity index (χ4v) is 5.96. The predicted molar refractivity (Wildman–Crippen MR) is 124 cm³/mol. The number of benzene rings is 2. The summed E-state index contributed by atoms with van der Waals surface area (Å²) >= 11 is 0. The molecule has 0 aromatic heterocycles. The van der Waals surface area contributed by atoms with E-state index in [1.54, 1.807) is 4.90 Å². The van der Waals surface area contributed by atoms with Crippen molar-refractivity contribution < 1.29 is 26.8 Å². The van der Waals surface area contributed by atoms with Gasteiger partial charge in [0.15, 0.2) is 17.4 Å². The second kappa shape index (κ2) is 9.79. The van der Waals surface area contributed by atoms with E-state index in [0.29, 0.717) is 18.7 Å². The van der Waals surface area contributed by atoms with Crippen LogP contribution in [-0.2, 0) is 14.8 Å². The number of sulfonamides is 1. The third kappa shape index (κ3) is 4.97. The predicted octanol–water partition coefficient (Wildman–Crippen LogP) is 3.81. The summed E-state index contributed by atoms with van der Waals surface area (Å²) in [6.07, 6.45) is 2.34. The zero-order chi connectivity index (χ0) is 24.5. The van der Waals surface area contributed by atoms with E-state index in [4.69, 9.17) is 0 Å². The van der Waals surface area contributed by atoms with E-state index >= 15 is 0 Å². The molecule has 1 amide bonds. The number of halogens is 2. The fourth-order valence-electron chi connectivity index (χ4n) is 4.49. The fraction of sp³-hybridized carbons (Fsp3) is 0.417. The maximum Gasteiger partial charge on any atom is 0.243 e. The zero-order valence-corrected chi connectivity index (χ0v) is 19.7. The summed E-state index contributed by atoms with van der Waals surface area (Å²) in [4.78, 5) is 25.9. The van der Waals surface area contributed by atoms with Gasteiger partial charge in [-0.1, -0.05) is 12.1 Å². The number of carbonyl (C=O) groups excluding carboxylic acids is 2. The highest BCUT2D eigenvalue weighted by Crippen LogP contribution is 2.31. The smallest absolute Gasteiger partial charge is 0.243 e. The van der Waals surface area contributed by atoms with E-state index in [-0.39, 0.29) is 48.0 Å². The van der Waals surface area contributed by atoms with Gasteiger partial charge in [0.05, 0.1) is 4.90 Å². The van der Waals surface area contributed by atoms with Crippen molar-refractivity contribution in [2.24, 2.45) is 5.92 Å². The highest BCUT2D eigenvalue weighted by atomic mass is 32.2. The quantitative estimate of drug-likeness (QED) is 0.621. The average molecular weight is 492 g/mol. The molecule has 0 bridgehead atoms. The summed E-state index contributed by atoms with van der Waals surface area (Å²) < 4.78 is 56.2. The first-order chi connectivity index (χ1) is 16.2. The van der Waals surface area contributed by atoms with Crippen LogP contribution in [0.2, 0.25) is 0 Å². The van der Waals surface area contributed by atoms with Gasteiger partial charge < -0.3 is 10.2 Å². The van der Waals surface area contributed by atoms with Crippen molar-refractivity contribution in [1.29, 1.82) is 0 Å². The molecule has 2 aliphatic heterocycles. The molecule has 0 aliphatic carbocycles. The van der Waals surface area contributed by atoms with Crippen molar-refractivity contribution in [2.45, 2.75) is 37.5 Å². The van der Waals surface area contributed by atoms with Gasteiger partial charge in [-0.05, 0) is 56.9 Å². The largest absolute Gasteiger partial charge is 0.367 e. The van der Waals surface area contributed by atoms with E-state index in [1.165, 1.54) is 35.5 Å². The number of amides is 1. The Balaban J connectivity index is 1.37. The molecular weight excluding hydrogens is 464 g/mol. The Morgan fingerprint density at radius 3 is 2.03 bits per heavy atom. The van der Waals surface area contributed by atoms with Crippen LogP contribution in [0, 0.1) is 17.6 Å². The highest BCUT2D eigenvalue weighted by Gasteiger charge is 2.32. The number of ketones is 1. The molecule has 0 atom stereocenters. The first kappa shape index (κ1) is 24.3. The molecular formula is C24H27F2N3O4S. The van der Waals surface area contributed by atoms with Crippen LogP contribution in [0.4, 0.5) is 20.2 Å². The molecule has 10 heteroatoms. The van der Waals surface area contributed by atoms with Crippen LogP contribution in [0.15, 0.2) is 41.3 Å². The number of carbonyl (C=O) groups is 2. The van der Waals surface area contributed by atoms with Crippen LogP contribution in [0.25, 0.3) is 0 Å². The Morgan fingerprint density at radius 2 is 1.50 bits per heavy atom. The molecule has 182 valence electrons. The lowest BCUT2D eigenvalue weighted by Crippen LogP contribution is -2.41. The molecule has 2 heterocycles. The van der Waals surface area contributed by atoms with E-state index in [2.05, 4.69) is 5.32 Å². The Kier molecular flexibility index (Phi) is 6.99. The Hall–Kier alpha value is -2.85. The number of nitrogens with zero attached hydrogens (tertiary/aromatic N) is 2.